The van der Waals surface area contributed by atoms with Crippen LogP contribution in [0.25, 0.3) is 0 Å². The van der Waals surface area contributed by atoms with Crippen molar-refractivity contribution in [2.24, 2.45) is 5.73 Å². The van der Waals surface area contributed by atoms with Crippen LogP contribution in [0.5, 0.6) is 0 Å². The van der Waals surface area contributed by atoms with E-state index in [1.165, 1.54) is 4.88 Å². The summed E-state index contributed by atoms with van der Waals surface area (Å²) < 4.78 is 0. The molecule has 1 amide bonds. The SMILES string of the molecule is Cl.NC1(C(=O)NCCc2cccs2)CC1. The van der Waals surface area contributed by atoms with Crippen molar-refractivity contribution in [3.05, 3.63) is 22.4 Å². The maximum Gasteiger partial charge on any atom is 0.240 e. The van der Waals surface area contributed by atoms with Gasteiger partial charge in [0.1, 0.15) is 0 Å². The van der Waals surface area contributed by atoms with Crippen LogP contribution in [0.4, 0.5) is 0 Å². The molecular weight excluding hydrogens is 232 g/mol. The first-order valence-corrected chi connectivity index (χ1v) is 5.68. The topological polar surface area (TPSA) is 55.1 Å². The monoisotopic (exact) mass is 246 g/mol. The summed E-state index contributed by atoms with van der Waals surface area (Å²) in [6.45, 7) is 0.693. The minimum absolute atomic E-state index is 0. The minimum atomic E-state index is -0.532. The Morgan fingerprint density at radius 3 is 2.87 bits per heavy atom. The summed E-state index contributed by atoms with van der Waals surface area (Å²) in [6.07, 6.45) is 2.56. The molecule has 1 aliphatic carbocycles. The zero-order chi connectivity index (χ0) is 10.0. The van der Waals surface area contributed by atoms with E-state index < -0.39 is 5.54 Å². The number of amides is 1. The Morgan fingerprint density at radius 1 is 1.60 bits per heavy atom. The number of nitrogens with one attached hydrogen (secondary N) is 1. The summed E-state index contributed by atoms with van der Waals surface area (Å²) in [6, 6.07) is 4.10. The van der Waals surface area contributed by atoms with Gasteiger partial charge in [0, 0.05) is 11.4 Å². The largest absolute Gasteiger partial charge is 0.354 e. The van der Waals surface area contributed by atoms with Crippen LogP contribution in [-0.2, 0) is 11.2 Å². The quantitative estimate of drug-likeness (QED) is 0.842. The van der Waals surface area contributed by atoms with Gasteiger partial charge in [-0.1, -0.05) is 6.07 Å². The van der Waals surface area contributed by atoms with Crippen LogP contribution in [0.3, 0.4) is 0 Å². The van der Waals surface area contributed by atoms with Crippen LogP contribution >= 0.6 is 23.7 Å². The third kappa shape index (κ3) is 3.19. The molecule has 0 radical (unpaired) electrons. The summed E-state index contributed by atoms with van der Waals surface area (Å²) in [4.78, 5) is 12.7. The highest BCUT2D eigenvalue weighted by Crippen LogP contribution is 2.31. The van der Waals surface area contributed by atoms with E-state index in [1.54, 1.807) is 11.3 Å². The third-order valence-electron chi connectivity index (χ3n) is 2.48. The van der Waals surface area contributed by atoms with Gasteiger partial charge in [-0.05, 0) is 30.7 Å². The number of thiophene rings is 1. The van der Waals surface area contributed by atoms with Crippen LogP contribution in [0.2, 0.25) is 0 Å². The highest BCUT2D eigenvalue weighted by Gasteiger charge is 2.45. The van der Waals surface area contributed by atoms with E-state index in [-0.39, 0.29) is 18.3 Å². The molecule has 3 nitrogen and oxygen atoms in total. The molecular formula is C10H15ClN2OS. The van der Waals surface area contributed by atoms with Gasteiger partial charge in [-0.3, -0.25) is 4.79 Å². The highest BCUT2D eigenvalue weighted by atomic mass is 35.5. The average molecular weight is 247 g/mol. The number of nitrogens with two attached hydrogens (primary N) is 1. The first-order chi connectivity index (χ1) is 6.71. The zero-order valence-corrected chi connectivity index (χ0v) is 10.00. The van der Waals surface area contributed by atoms with E-state index in [2.05, 4.69) is 11.4 Å². The molecule has 2 rings (SSSR count). The van der Waals surface area contributed by atoms with Crippen molar-refractivity contribution in [1.82, 2.24) is 5.32 Å². The van der Waals surface area contributed by atoms with Gasteiger partial charge in [0.15, 0.2) is 0 Å². The van der Waals surface area contributed by atoms with E-state index in [0.29, 0.717) is 6.54 Å². The third-order valence-corrected chi connectivity index (χ3v) is 3.41. The van der Waals surface area contributed by atoms with Gasteiger partial charge in [-0.25, -0.2) is 0 Å². The molecule has 0 aromatic carbocycles. The van der Waals surface area contributed by atoms with Crippen molar-refractivity contribution in [3.8, 4) is 0 Å². The molecule has 1 fully saturated rings. The summed E-state index contributed by atoms with van der Waals surface area (Å²) in [5.41, 5.74) is 5.21. The van der Waals surface area contributed by atoms with Crippen LogP contribution in [0.15, 0.2) is 17.5 Å². The lowest BCUT2D eigenvalue weighted by molar-refractivity contribution is -0.123. The first-order valence-electron chi connectivity index (χ1n) is 4.80. The van der Waals surface area contributed by atoms with Crippen molar-refractivity contribution in [2.75, 3.05) is 6.54 Å². The van der Waals surface area contributed by atoms with Gasteiger partial charge < -0.3 is 11.1 Å². The van der Waals surface area contributed by atoms with E-state index in [0.717, 1.165) is 19.3 Å². The Balaban J connectivity index is 0.00000112. The molecule has 15 heavy (non-hydrogen) atoms. The maximum absolute atomic E-state index is 11.4. The molecule has 3 N–H and O–H groups in total. The molecule has 1 heterocycles. The molecule has 0 unspecified atom stereocenters. The standard InChI is InChI=1S/C10H14N2OS.ClH/c11-10(4-5-10)9(13)12-6-3-8-2-1-7-14-8;/h1-2,7H,3-6,11H2,(H,12,13);1H. The summed E-state index contributed by atoms with van der Waals surface area (Å²) in [7, 11) is 0. The zero-order valence-electron chi connectivity index (χ0n) is 8.36. The second kappa shape index (κ2) is 4.96. The predicted octanol–water partition coefficient (Wildman–Crippen LogP) is 1.32. The molecule has 84 valence electrons. The van der Waals surface area contributed by atoms with Crippen molar-refractivity contribution in [1.29, 1.82) is 0 Å². The second-order valence-corrected chi connectivity index (χ2v) is 4.77. The van der Waals surface area contributed by atoms with Crippen LogP contribution in [0, 0.1) is 0 Å². The fraction of sp³-hybridized carbons (Fsp3) is 0.500. The van der Waals surface area contributed by atoms with Crippen LogP contribution < -0.4 is 11.1 Å². The smallest absolute Gasteiger partial charge is 0.240 e. The lowest BCUT2D eigenvalue weighted by Crippen LogP contribution is -2.43. The molecule has 0 atom stereocenters. The highest BCUT2D eigenvalue weighted by molar-refractivity contribution is 7.09. The number of hydrogen-bond donors (Lipinski definition) is 2. The molecule has 1 aromatic rings. The molecule has 0 aliphatic heterocycles. The number of carbonyl (C=O) groups is 1. The average Bonchev–Trinajstić information content (AvgIpc) is 2.73. The fourth-order valence-electron chi connectivity index (χ4n) is 1.29. The van der Waals surface area contributed by atoms with Crippen molar-refractivity contribution < 1.29 is 4.79 Å². The van der Waals surface area contributed by atoms with Gasteiger partial charge in [-0.15, -0.1) is 23.7 Å². The van der Waals surface area contributed by atoms with Crippen LogP contribution in [0.1, 0.15) is 17.7 Å². The Kier molecular flexibility index (Phi) is 4.13. The second-order valence-electron chi connectivity index (χ2n) is 3.74. The number of hydrogen-bond acceptors (Lipinski definition) is 3. The number of rotatable bonds is 4. The first kappa shape index (κ1) is 12.5. The van der Waals surface area contributed by atoms with Crippen molar-refractivity contribution in [2.45, 2.75) is 24.8 Å². The molecule has 0 bridgehead atoms. The molecule has 5 heteroatoms. The summed E-state index contributed by atoms with van der Waals surface area (Å²) >= 11 is 1.72. The van der Waals surface area contributed by atoms with Gasteiger partial charge in [0.2, 0.25) is 5.91 Å². The Morgan fingerprint density at radius 2 is 2.33 bits per heavy atom. The van der Waals surface area contributed by atoms with E-state index >= 15 is 0 Å². The molecule has 0 spiro atoms. The number of carbonyl (C=O) groups excluding carboxylic acids is 1. The Hall–Kier alpha value is -0.580. The van der Waals surface area contributed by atoms with Gasteiger partial charge in [0.25, 0.3) is 0 Å². The predicted molar refractivity (Wildman–Crippen MR) is 64.4 cm³/mol. The van der Waals surface area contributed by atoms with Gasteiger partial charge in [0.05, 0.1) is 5.54 Å². The Bertz CT molecular complexity index is 322. The van der Waals surface area contributed by atoms with Crippen molar-refractivity contribution >= 4 is 29.7 Å². The van der Waals surface area contributed by atoms with E-state index in [9.17, 15) is 4.79 Å². The normalized spacial score (nSPS) is 16.6. The molecule has 1 aliphatic rings. The molecule has 1 aromatic heterocycles. The van der Waals surface area contributed by atoms with E-state index in [4.69, 9.17) is 5.73 Å². The van der Waals surface area contributed by atoms with Gasteiger partial charge in [-0.2, -0.15) is 0 Å². The minimum Gasteiger partial charge on any atom is -0.354 e. The lowest BCUT2D eigenvalue weighted by atomic mass is 10.2. The van der Waals surface area contributed by atoms with Gasteiger partial charge >= 0.3 is 0 Å². The maximum atomic E-state index is 11.4. The van der Waals surface area contributed by atoms with Crippen molar-refractivity contribution in [3.63, 3.8) is 0 Å². The van der Waals surface area contributed by atoms with E-state index in [1.807, 2.05) is 11.4 Å². The summed E-state index contributed by atoms with van der Waals surface area (Å²) in [5, 5.41) is 4.91. The lowest BCUT2D eigenvalue weighted by Gasteiger charge is -2.08. The summed E-state index contributed by atoms with van der Waals surface area (Å²) in [5.74, 6) is 0.00839. The molecule has 0 saturated heterocycles. The Labute approximate surface area is 99.5 Å². The van der Waals surface area contributed by atoms with Crippen LogP contribution in [-0.4, -0.2) is 18.0 Å². The number of halogens is 1. The fourth-order valence-corrected chi connectivity index (χ4v) is 2.00. The molecule has 1 saturated carbocycles.